The van der Waals surface area contributed by atoms with Gasteiger partial charge in [0.25, 0.3) is 5.91 Å². The Balaban J connectivity index is 1.77. The number of nitrogens with one attached hydrogen (secondary N) is 1. The maximum absolute atomic E-state index is 13.0. The van der Waals surface area contributed by atoms with E-state index in [1.54, 1.807) is 12.1 Å². The predicted octanol–water partition coefficient (Wildman–Crippen LogP) is 3.72. The molecule has 1 aliphatic rings. The standard InChI is InChI=1S/C20H21BrN2O3S/c1-2-12-22-27(25,26)19-10-6-16(7-11-19)20(24)23(18-8-9-18)14-15-4-3-5-17(21)13-15/h2-7,10-11,13,18,22H,1,8-9,12,14H2. The van der Waals surface area contributed by atoms with Crippen molar-refractivity contribution >= 4 is 31.9 Å². The zero-order valence-electron chi connectivity index (χ0n) is 14.8. The molecule has 0 bridgehead atoms. The van der Waals surface area contributed by atoms with Crippen LogP contribution in [0.1, 0.15) is 28.8 Å². The minimum Gasteiger partial charge on any atom is -0.331 e. The summed E-state index contributed by atoms with van der Waals surface area (Å²) in [5.41, 5.74) is 1.54. The van der Waals surface area contributed by atoms with Gasteiger partial charge in [-0.2, -0.15) is 0 Å². The Labute approximate surface area is 168 Å². The quantitative estimate of drug-likeness (QED) is 0.625. The summed E-state index contributed by atoms with van der Waals surface area (Å²) in [5, 5.41) is 0. The van der Waals surface area contributed by atoms with Crippen LogP contribution < -0.4 is 4.72 Å². The van der Waals surface area contributed by atoms with Gasteiger partial charge in [-0.3, -0.25) is 4.79 Å². The highest BCUT2D eigenvalue weighted by Crippen LogP contribution is 2.30. The molecule has 1 amide bonds. The van der Waals surface area contributed by atoms with Crippen LogP contribution in [-0.4, -0.2) is 31.8 Å². The van der Waals surface area contributed by atoms with Crippen LogP contribution in [0.4, 0.5) is 0 Å². The van der Waals surface area contributed by atoms with Crippen molar-refractivity contribution < 1.29 is 13.2 Å². The van der Waals surface area contributed by atoms with Crippen LogP contribution in [0, 0.1) is 0 Å². The molecular formula is C20H21BrN2O3S. The Kier molecular flexibility index (Phi) is 6.14. The summed E-state index contributed by atoms with van der Waals surface area (Å²) in [6, 6.07) is 14.2. The Morgan fingerprint density at radius 2 is 1.93 bits per heavy atom. The van der Waals surface area contributed by atoms with Gasteiger partial charge in [-0.15, -0.1) is 6.58 Å². The van der Waals surface area contributed by atoms with E-state index in [4.69, 9.17) is 0 Å². The van der Waals surface area contributed by atoms with Crippen LogP contribution in [0.5, 0.6) is 0 Å². The van der Waals surface area contributed by atoms with E-state index < -0.39 is 10.0 Å². The van der Waals surface area contributed by atoms with E-state index in [0.29, 0.717) is 12.1 Å². The Hall–Kier alpha value is -1.96. The van der Waals surface area contributed by atoms with E-state index in [2.05, 4.69) is 27.2 Å². The first-order valence-electron chi connectivity index (χ1n) is 8.67. The molecule has 1 saturated carbocycles. The fourth-order valence-electron chi connectivity index (χ4n) is 2.78. The second-order valence-electron chi connectivity index (χ2n) is 6.46. The number of halogens is 1. The molecule has 1 N–H and O–H groups in total. The molecule has 0 spiro atoms. The molecule has 1 aliphatic carbocycles. The minimum absolute atomic E-state index is 0.0829. The van der Waals surface area contributed by atoms with Crippen molar-refractivity contribution in [3.05, 3.63) is 76.8 Å². The van der Waals surface area contributed by atoms with Gasteiger partial charge in [-0.05, 0) is 54.8 Å². The molecule has 0 saturated heterocycles. The topological polar surface area (TPSA) is 66.5 Å². The number of carbonyl (C=O) groups excluding carboxylic acids is 1. The summed E-state index contributed by atoms with van der Waals surface area (Å²) in [4.78, 5) is 15.0. The van der Waals surface area contributed by atoms with Crippen molar-refractivity contribution in [1.29, 1.82) is 0 Å². The van der Waals surface area contributed by atoms with Crippen LogP contribution in [0.25, 0.3) is 0 Å². The van der Waals surface area contributed by atoms with E-state index in [1.807, 2.05) is 29.2 Å². The maximum atomic E-state index is 13.0. The largest absolute Gasteiger partial charge is 0.331 e. The fourth-order valence-corrected chi connectivity index (χ4v) is 4.22. The first-order valence-corrected chi connectivity index (χ1v) is 10.9. The van der Waals surface area contributed by atoms with E-state index in [1.165, 1.54) is 18.2 Å². The summed E-state index contributed by atoms with van der Waals surface area (Å²) < 4.78 is 27.7. The number of rotatable bonds is 8. The van der Waals surface area contributed by atoms with Crippen LogP contribution in [0.15, 0.2) is 70.6 Å². The monoisotopic (exact) mass is 448 g/mol. The lowest BCUT2D eigenvalue weighted by Crippen LogP contribution is -2.32. The third-order valence-corrected chi connectivity index (χ3v) is 6.25. The maximum Gasteiger partial charge on any atom is 0.254 e. The highest BCUT2D eigenvalue weighted by molar-refractivity contribution is 9.10. The molecule has 0 unspecified atom stereocenters. The third-order valence-electron chi connectivity index (χ3n) is 4.32. The zero-order valence-corrected chi connectivity index (χ0v) is 17.2. The molecule has 0 heterocycles. The summed E-state index contributed by atoms with van der Waals surface area (Å²) in [6.45, 7) is 4.19. The Morgan fingerprint density at radius 1 is 1.22 bits per heavy atom. The fraction of sp³-hybridized carbons (Fsp3) is 0.250. The lowest BCUT2D eigenvalue weighted by molar-refractivity contribution is 0.0730. The number of nitrogens with zero attached hydrogens (tertiary/aromatic N) is 1. The van der Waals surface area contributed by atoms with Crippen molar-refractivity contribution in [2.75, 3.05) is 6.54 Å². The smallest absolute Gasteiger partial charge is 0.254 e. The van der Waals surface area contributed by atoms with Gasteiger partial charge in [0.2, 0.25) is 10.0 Å². The average Bonchev–Trinajstić information content (AvgIpc) is 3.49. The third kappa shape index (κ3) is 5.06. The second kappa shape index (κ2) is 8.37. The average molecular weight is 449 g/mol. The Morgan fingerprint density at radius 3 is 2.52 bits per heavy atom. The number of hydrogen-bond acceptors (Lipinski definition) is 3. The first kappa shape index (κ1) is 19.8. The van der Waals surface area contributed by atoms with E-state index in [-0.39, 0.29) is 23.4 Å². The molecule has 2 aromatic carbocycles. The molecule has 0 atom stereocenters. The van der Waals surface area contributed by atoms with Gasteiger partial charge in [-0.1, -0.05) is 34.1 Å². The van der Waals surface area contributed by atoms with Gasteiger partial charge in [0.1, 0.15) is 0 Å². The number of benzene rings is 2. The Bertz CT molecular complexity index is 938. The number of hydrogen-bond donors (Lipinski definition) is 1. The van der Waals surface area contributed by atoms with Gasteiger partial charge in [-0.25, -0.2) is 13.1 Å². The molecular weight excluding hydrogens is 428 g/mol. The normalized spacial score (nSPS) is 14.0. The minimum atomic E-state index is -3.59. The first-order chi connectivity index (χ1) is 12.9. The van der Waals surface area contributed by atoms with Crippen molar-refractivity contribution in [2.45, 2.75) is 30.3 Å². The van der Waals surface area contributed by atoms with Crippen LogP contribution >= 0.6 is 15.9 Å². The highest BCUT2D eigenvalue weighted by atomic mass is 79.9. The SMILES string of the molecule is C=CCNS(=O)(=O)c1ccc(C(=O)N(Cc2cccc(Br)c2)C2CC2)cc1. The predicted molar refractivity (Wildman–Crippen MR) is 109 cm³/mol. The van der Waals surface area contributed by atoms with Crippen molar-refractivity contribution in [3.8, 4) is 0 Å². The molecule has 1 fully saturated rings. The van der Waals surface area contributed by atoms with Crippen molar-refractivity contribution in [1.82, 2.24) is 9.62 Å². The molecule has 0 aliphatic heterocycles. The number of carbonyl (C=O) groups is 1. The number of amides is 1. The van der Waals surface area contributed by atoms with E-state index in [9.17, 15) is 13.2 Å². The van der Waals surface area contributed by atoms with Crippen LogP contribution in [-0.2, 0) is 16.6 Å². The zero-order chi connectivity index (χ0) is 19.4. The van der Waals surface area contributed by atoms with Gasteiger partial charge in [0.15, 0.2) is 0 Å². The second-order valence-corrected chi connectivity index (χ2v) is 9.14. The van der Waals surface area contributed by atoms with Crippen molar-refractivity contribution in [2.24, 2.45) is 0 Å². The highest BCUT2D eigenvalue weighted by Gasteiger charge is 2.33. The summed E-state index contributed by atoms with van der Waals surface area (Å²) in [5.74, 6) is -0.0829. The molecule has 7 heteroatoms. The lowest BCUT2D eigenvalue weighted by atomic mass is 10.1. The molecule has 3 rings (SSSR count). The molecule has 2 aromatic rings. The summed E-state index contributed by atoms with van der Waals surface area (Å²) in [7, 11) is -3.59. The van der Waals surface area contributed by atoms with Crippen molar-refractivity contribution in [3.63, 3.8) is 0 Å². The lowest BCUT2D eigenvalue weighted by Gasteiger charge is -2.23. The van der Waals surface area contributed by atoms with Gasteiger partial charge in [0.05, 0.1) is 4.90 Å². The molecule has 0 radical (unpaired) electrons. The van der Waals surface area contributed by atoms with Gasteiger partial charge < -0.3 is 4.90 Å². The van der Waals surface area contributed by atoms with Crippen LogP contribution in [0.3, 0.4) is 0 Å². The molecule has 0 aromatic heterocycles. The molecule has 5 nitrogen and oxygen atoms in total. The van der Waals surface area contributed by atoms with Gasteiger partial charge in [0, 0.05) is 29.2 Å². The molecule has 27 heavy (non-hydrogen) atoms. The van der Waals surface area contributed by atoms with Gasteiger partial charge >= 0.3 is 0 Å². The van der Waals surface area contributed by atoms with Crippen LogP contribution in [0.2, 0.25) is 0 Å². The van der Waals surface area contributed by atoms with E-state index in [0.717, 1.165) is 22.9 Å². The summed E-state index contributed by atoms with van der Waals surface area (Å²) in [6.07, 6.45) is 3.47. The summed E-state index contributed by atoms with van der Waals surface area (Å²) >= 11 is 3.46. The number of sulfonamides is 1. The molecule has 142 valence electrons. The van der Waals surface area contributed by atoms with E-state index >= 15 is 0 Å².